The van der Waals surface area contributed by atoms with Crippen LogP contribution in [0.15, 0.2) is 12.3 Å². The molecule has 0 aromatic carbocycles. The van der Waals surface area contributed by atoms with Gasteiger partial charge in [-0.2, -0.15) is 5.10 Å². The van der Waals surface area contributed by atoms with Crippen LogP contribution in [0, 0.1) is 0 Å². The Morgan fingerprint density at radius 1 is 1.47 bits per heavy atom. The van der Waals surface area contributed by atoms with E-state index in [0.29, 0.717) is 12.5 Å². The minimum Gasteiger partial charge on any atom is -0.370 e. The maximum atomic E-state index is 12.3. The highest BCUT2D eigenvalue weighted by Gasteiger charge is 2.43. The van der Waals surface area contributed by atoms with Crippen molar-refractivity contribution < 1.29 is 9.53 Å². The molecule has 1 aromatic heterocycles. The molecule has 0 amide bonds. The highest BCUT2D eigenvalue weighted by molar-refractivity contribution is 5.89. The van der Waals surface area contributed by atoms with Crippen LogP contribution in [0.4, 0.5) is 0 Å². The summed E-state index contributed by atoms with van der Waals surface area (Å²) in [5.41, 5.74) is 0.346. The van der Waals surface area contributed by atoms with E-state index in [4.69, 9.17) is 4.74 Å². The van der Waals surface area contributed by atoms with Gasteiger partial charge in [-0.25, -0.2) is 0 Å². The lowest BCUT2D eigenvalue weighted by atomic mass is 9.75. The topological polar surface area (TPSA) is 44.1 Å². The lowest BCUT2D eigenvalue weighted by molar-refractivity contribution is -0.151. The molecule has 4 nitrogen and oxygen atoms in total. The summed E-state index contributed by atoms with van der Waals surface area (Å²) in [6.45, 7) is 4.32. The third kappa shape index (κ3) is 2.73. The van der Waals surface area contributed by atoms with E-state index in [9.17, 15) is 4.79 Å². The fraction of sp³-hybridized carbons (Fsp3) is 0.733. The molecule has 0 spiro atoms. The number of hydrogen-bond donors (Lipinski definition) is 0. The van der Waals surface area contributed by atoms with E-state index in [1.807, 2.05) is 16.9 Å². The zero-order valence-electron chi connectivity index (χ0n) is 12.2. The second-order valence-corrected chi connectivity index (χ2v) is 5.41. The van der Waals surface area contributed by atoms with Crippen LogP contribution in [0.5, 0.6) is 0 Å². The van der Waals surface area contributed by atoms with Crippen molar-refractivity contribution in [2.75, 3.05) is 7.11 Å². The molecule has 0 radical (unpaired) electrons. The van der Waals surface area contributed by atoms with E-state index in [1.54, 1.807) is 7.11 Å². The molecule has 1 aromatic rings. The molecule has 1 aliphatic rings. The van der Waals surface area contributed by atoms with E-state index in [1.165, 1.54) is 0 Å². The molecule has 2 rings (SSSR count). The Morgan fingerprint density at radius 3 is 2.63 bits per heavy atom. The quantitative estimate of drug-likeness (QED) is 0.760. The van der Waals surface area contributed by atoms with Gasteiger partial charge >= 0.3 is 0 Å². The van der Waals surface area contributed by atoms with Crippen molar-refractivity contribution in [2.45, 2.75) is 64.0 Å². The monoisotopic (exact) mass is 264 g/mol. The van der Waals surface area contributed by atoms with Crippen LogP contribution in [0.25, 0.3) is 0 Å². The van der Waals surface area contributed by atoms with Gasteiger partial charge in [-0.15, -0.1) is 0 Å². The normalized spacial score (nSPS) is 17.5. The number of ether oxygens (including phenoxy) is 1. The summed E-state index contributed by atoms with van der Waals surface area (Å²) in [7, 11) is 1.64. The maximum Gasteiger partial charge on any atom is 0.170 e. The molecule has 1 aliphatic carbocycles. The highest BCUT2D eigenvalue weighted by atomic mass is 16.5. The summed E-state index contributed by atoms with van der Waals surface area (Å²) in [5.74, 6) is 0.177. The Hall–Kier alpha value is -1.16. The zero-order chi connectivity index (χ0) is 13.9. The molecule has 106 valence electrons. The van der Waals surface area contributed by atoms with Gasteiger partial charge in [0, 0.05) is 13.3 Å². The Morgan fingerprint density at radius 2 is 2.16 bits per heavy atom. The van der Waals surface area contributed by atoms with Gasteiger partial charge in [0.05, 0.1) is 18.2 Å². The number of carbonyl (C=O) groups excluding carboxylic acids is 1. The van der Waals surface area contributed by atoms with Crippen molar-refractivity contribution in [2.24, 2.45) is 0 Å². The standard InChI is InChI=1S/C15H24N2O2/c1-4-13(5-2)17-10-7-12(16-17)11-14(18)15(19-3)8-6-9-15/h7,10,13H,4-6,8-9,11H2,1-3H3. The van der Waals surface area contributed by atoms with Crippen LogP contribution >= 0.6 is 0 Å². The molecule has 1 saturated carbocycles. The van der Waals surface area contributed by atoms with Crippen molar-refractivity contribution in [1.82, 2.24) is 9.78 Å². The van der Waals surface area contributed by atoms with Gasteiger partial charge in [0.15, 0.2) is 5.78 Å². The molecule has 19 heavy (non-hydrogen) atoms. The lowest BCUT2D eigenvalue weighted by Crippen LogP contribution is -2.47. The summed E-state index contributed by atoms with van der Waals surface area (Å²) in [6, 6.07) is 2.39. The zero-order valence-corrected chi connectivity index (χ0v) is 12.2. The molecule has 0 saturated heterocycles. The summed E-state index contributed by atoms with van der Waals surface area (Å²) < 4.78 is 7.41. The fourth-order valence-corrected chi connectivity index (χ4v) is 2.76. The first kappa shape index (κ1) is 14.3. The Kier molecular flexibility index (Phi) is 4.40. The number of rotatable bonds is 7. The van der Waals surface area contributed by atoms with E-state index < -0.39 is 5.60 Å². The fourth-order valence-electron chi connectivity index (χ4n) is 2.76. The summed E-state index contributed by atoms with van der Waals surface area (Å²) in [6.07, 6.45) is 7.30. The molecular formula is C15H24N2O2. The first-order valence-electron chi connectivity index (χ1n) is 7.27. The predicted octanol–water partition coefficient (Wildman–Crippen LogP) is 2.92. The van der Waals surface area contributed by atoms with Crippen molar-refractivity contribution >= 4 is 5.78 Å². The largest absolute Gasteiger partial charge is 0.370 e. The number of methoxy groups -OCH3 is 1. The molecule has 0 atom stereocenters. The third-order valence-corrected chi connectivity index (χ3v) is 4.38. The number of hydrogen-bond acceptors (Lipinski definition) is 3. The van der Waals surface area contributed by atoms with E-state index in [2.05, 4.69) is 18.9 Å². The highest BCUT2D eigenvalue weighted by Crippen LogP contribution is 2.36. The molecule has 0 N–H and O–H groups in total. The second-order valence-electron chi connectivity index (χ2n) is 5.41. The van der Waals surface area contributed by atoms with Gasteiger partial charge < -0.3 is 4.74 Å². The first-order chi connectivity index (χ1) is 9.15. The lowest BCUT2D eigenvalue weighted by Gasteiger charge is -2.38. The van der Waals surface area contributed by atoms with Crippen LogP contribution in [-0.4, -0.2) is 28.3 Å². The molecule has 1 fully saturated rings. The van der Waals surface area contributed by atoms with E-state index >= 15 is 0 Å². The van der Waals surface area contributed by atoms with Gasteiger partial charge in [0.1, 0.15) is 5.60 Å². The van der Waals surface area contributed by atoms with Crippen LogP contribution in [0.3, 0.4) is 0 Å². The van der Waals surface area contributed by atoms with E-state index in [-0.39, 0.29) is 5.78 Å². The van der Waals surface area contributed by atoms with Gasteiger partial charge in [0.2, 0.25) is 0 Å². The van der Waals surface area contributed by atoms with Gasteiger partial charge in [-0.05, 0) is 38.2 Å². The minimum absolute atomic E-state index is 0.177. The Balaban J connectivity index is 2.02. The van der Waals surface area contributed by atoms with Crippen LogP contribution in [0.2, 0.25) is 0 Å². The molecule has 0 aliphatic heterocycles. The molecular weight excluding hydrogens is 240 g/mol. The van der Waals surface area contributed by atoms with Crippen molar-refractivity contribution in [3.8, 4) is 0 Å². The molecule has 4 heteroatoms. The number of carbonyl (C=O) groups is 1. The SMILES string of the molecule is CCC(CC)n1ccc(CC(=O)C2(OC)CCC2)n1. The number of nitrogens with zero attached hydrogens (tertiary/aromatic N) is 2. The van der Waals surface area contributed by atoms with Crippen molar-refractivity contribution in [3.05, 3.63) is 18.0 Å². The molecule has 1 heterocycles. The van der Waals surface area contributed by atoms with E-state index in [0.717, 1.165) is 37.8 Å². The maximum absolute atomic E-state index is 12.3. The predicted molar refractivity (Wildman–Crippen MR) is 74.1 cm³/mol. The Labute approximate surface area is 115 Å². The molecule has 0 bridgehead atoms. The van der Waals surface area contributed by atoms with Crippen molar-refractivity contribution in [3.63, 3.8) is 0 Å². The van der Waals surface area contributed by atoms with Gasteiger partial charge in [0.25, 0.3) is 0 Å². The van der Waals surface area contributed by atoms with Crippen LogP contribution < -0.4 is 0 Å². The Bertz CT molecular complexity index is 426. The second kappa shape index (κ2) is 5.87. The average Bonchev–Trinajstić information content (AvgIpc) is 2.78. The third-order valence-electron chi connectivity index (χ3n) is 4.38. The minimum atomic E-state index is -0.515. The number of aromatic nitrogens is 2. The van der Waals surface area contributed by atoms with Gasteiger partial charge in [-0.3, -0.25) is 9.48 Å². The van der Waals surface area contributed by atoms with Gasteiger partial charge in [-0.1, -0.05) is 13.8 Å². The molecule has 0 unspecified atom stereocenters. The summed E-state index contributed by atoms with van der Waals surface area (Å²) >= 11 is 0. The number of Topliss-reactive ketones (excluding diaryl/α,β-unsaturated/α-hetero) is 1. The van der Waals surface area contributed by atoms with Crippen LogP contribution in [0.1, 0.15) is 57.7 Å². The average molecular weight is 264 g/mol. The smallest absolute Gasteiger partial charge is 0.170 e. The number of ketones is 1. The summed E-state index contributed by atoms with van der Waals surface area (Å²) in [5, 5.41) is 4.54. The first-order valence-corrected chi connectivity index (χ1v) is 7.27. The summed E-state index contributed by atoms with van der Waals surface area (Å²) in [4.78, 5) is 12.3. The van der Waals surface area contributed by atoms with Crippen LogP contribution in [-0.2, 0) is 16.0 Å². The van der Waals surface area contributed by atoms with Crippen molar-refractivity contribution in [1.29, 1.82) is 0 Å².